The van der Waals surface area contributed by atoms with E-state index < -0.39 is 5.54 Å². The summed E-state index contributed by atoms with van der Waals surface area (Å²) in [5.74, 6) is -0.00407. The number of Topliss-reactive ketones (excluding diaryl/α,β-unsaturated/α-hetero) is 1. The van der Waals surface area contributed by atoms with Crippen molar-refractivity contribution in [2.75, 3.05) is 0 Å². The van der Waals surface area contributed by atoms with Gasteiger partial charge in [-0.2, -0.15) is 0 Å². The summed E-state index contributed by atoms with van der Waals surface area (Å²) in [6.07, 6.45) is 3.50. The second kappa shape index (κ2) is 3.49. The smallest absolute Gasteiger partial charge is 0.221 e. The number of carbonyl (C=O) groups is 1. The van der Waals surface area contributed by atoms with Gasteiger partial charge < -0.3 is 5.73 Å². The molecule has 0 aliphatic rings. The SMILES string of the molecule is C=C(C=CC)C(=O)C(C)(C)[NH3+]. The van der Waals surface area contributed by atoms with Crippen molar-refractivity contribution < 1.29 is 10.5 Å². The molecular weight excluding hydrogens is 138 g/mol. The zero-order valence-corrected chi connectivity index (χ0v) is 7.48. The van der Waals surface area contributed by atoms with E-state index in [0.717, 1.165) is 0 Å². The molecule has 0 saturated carbocycles. The van der Waals surface area contributed by atoms with Crippen LogP contribution >= 0.6 is 0 Å². The quantitative estimate of drug-likeness (QED) is 0.472. The van der Waals surface area contributed by atoms with Gasteiger partial charge in [-0.25, -0.2) is 0 Å². The van der Waals surface area contributed by atoms with Crippen LogP contribution in [-0.4, -0.2) is 11.3 Å². The number of allylic oxidation sites excluding steroid dienone is 2. The van der Waals surface area contributed by atoms with Gasteiger partial charge in [-0.15, -0.1) is 0 Å². The lowest BCUT2D eigenvalue weighted by Crippen LogP contribution is -2.73. The molecule has 0 rings (SSSR count). The van der Waals surface area contributed by atoms with Gasteiger partial charge in [0.25, 0.3) is 0 Å². The van der Waals surface area contributed by atoms with Crippen molar-refractivity contribution in [3.05, 3.63) is 24.3 Å². The van der Waals surface area contributed by atoms with Crippen LogP contribution in [0.4, 0.5) is 0 Å². The standard InChI is InChI=1S/C9H15NO/c1-5-6-7(2)8(11)9(3,4)10/h5-6H,2,10H2,1,3-4H3/p+1. The van der Waals surface area contributed by atoms with Crippen LogP contribution in [0.2, 0.25) is 0 Å². The first-order chi connectivity index (χ1) is 4.89. The minimum Gasteiger partial charge on any atom is -0.347 e. The molecule has 2 nitrogen and oxygen atoms in total. The van der Waals surface area contributed by atoms with Crippen molar-refractivity contribution in [1.82, 2.24) is 0 Å². The Morgan fingerprint density at radius 3 is 2.27 bits per heavy atom. The van der Waals surface area contributed by atoms with Crippen LogP contribution in [0.25, 0.3) is 0 Å². The normalized spacial score (nSPS) is 12.0. The number of hydrogen-bond acceptors (Lipinski definition) is 1. The van der Waals surface area contributed by atoms with E-state index in [9.17, 15) is 4.79 Å². The molecule has 0 aliphatic carbocycles. The van der Waals surface area contributed by atoms with Gasteiger partial charge in [0.2, 0.25) is 5.78 Å². The van der Waals surface area contributed by atoms with Crippen molar-refractivity contribution >= 4 is 5.78 Å². The van der Waals surface area contributed by atoms with Crippen LogP contribution in [0.5, 0.6) is 0 Å². The third kappa shape index (κ3) is 3.14. The van der Waals surface area contributed by atoms with E-state index in [1.165, 1.54) is 0 Å². The lowest BCUT2D eigenvalue weighted by Gasteiger charge is -2.12. The number of hydrogen-bond donors (Lipinski definition) is 1. The van der Waals surface area contributed by atoms with Crippen molar-refractivity contribution in [2.24, 2.45) is 0 Å². The van der Waals surface area contributed by atoms with Crippen LogP contribution in [0.15, 0.2) is 24.3 Å². The van der Waals surface area contributed by atoms with E-state index in [0.29, 0.717) is 5.57 Å². The first kappa shape index (κ1) is 10.1. The van der Waals surface area contributed by atoms with E-state index in [2.05, 4.69) is 12.3 Å². The number of quaternary nitrogens is 1. The highest BCUT2D eigenvalue weighted by atomic mass is 16.1. The third-order valence-electron chi connectivity index (χ3n) is 1.27. The molecule has 0 amide bonds. The summed E-state index contributed by atoms with van der Waals surface area (Å²) in [5.41, 5.74) is 3.69. The minimum atomic E-state index is -0.559. The fourth-order valence-electron chi connectivity index (χ4n) is 0.712. The maximum Gasteiger partial charge on any atom is 0.221 e. The van der Waals surface area contributed by atoms with Gasteiger partial charge in [0.05, 0.1) is 0 Å². The van der Waals surface area contributed by atoms with E-state index in [1.54, 1.807) is 26.0 Å². The van der Waals surface area contributed by atoms with Gasteiger partial charge in [-0.05, 0) is 20.8 Å². The summed E-state index contributed by atoms with van der Waals surface area (Å²) in [6, 6.07) is 0. The maximum absolute atomic E-state index is 11.3. The molecule has 2 heteroatoms. The molecule has 0 aliphatic heterocycles. The van der Waals surface area contributed by atoms with Gasteiger partial charge in [-0.3, -0.25) is 4.79 Å². The zero-order chi connectivity index (χ0) is 9.07. The van der Waals surface area contributed by atoms with E-state index in [-0.39, 0.29) is 5.78 Å². The monoisotopic (exact) mass is 154 g/mol. The highest BCUT2D eigenvalue weighted by Crippen LogP contribution is 2.05. The molecule has 11 heavy (non-hydrogen) atoms. The van der Waals surface area contributed by atoms with Gasteiger partial charge in [-0.1, -0.05) is 18.7 Å². The Bertz CT molecular complexity index is 196. The molecule has 0 radical (unpaired) electrons. The summed E-state index contributed by atoms with van der Waals surface area (Å²) < 4.78 is 0. The molecule has 0 unspecified atom stereocenters. The fraction of sp³-hybridized carbons (Fsp3) is 0.444. The van der Waals surface area contributed by atoms with Gasteiger partial charge >= 0.3 is 0 Å². The third-order valence-corrected chi connectivity index (χ3v) is 1.27. The molecular formula is C9H16NO+. The van der Waals surface area contributed by atoms with Crippen LogP contribution in [-0.2, 0) is 4.79 Å². The Morgan fingerprint density at radius 1 is 1.55 bits per heavy atom. The molecule has 0 aromatic rings. The molecule has 62 valence electrons. The average Bonchev–Trinajstić information content (AvgIpc) is 1.85. The highest BCUT2D eigenvalue weighted by Gasteiger charge is 2.26. The van der Waals surface area contributed by atoms with Gasteiger partial charge in [0.15, 0.2) is 5.54 Å². The molecule has 3 N–H and O–H groups in total. The number of ketones is 1. The summed E-state index contributed by atoms with van der Waals surface area (Å²) >= 11 is 0. The first-order valence-corrected chi connectivity index (χ1v) is 3.61. The number of carbonyl (C=O) groups excluding carboxylic acids is 1. The van der Waals surface area contributed by atoms with Crippen molar-refractivity contribution in [3.8, 4) is 0 Å². The van der Waals surface area contributed by atoms with E-state index in [4.69, 9.17) is 0 Å². The Hall–Kier alpha value is -0.890. The molecule has 0 aromatic heterocycles. The van der Waals surface area contributed by atoms with Crippen LogP contribution in [0.3, 0.4) is 0 Å². The van der Waals surface area contributed by atoms with Crippen molar-refractivity contribution in [3.63, 3.8) is 0 Å². The fourth-order valence-corrected chi connectivity index (χ4v) is 0.712. The second-order valence-electron chi connectivity index (χ2n) is 3.24. The maximum atomic E-state index is 11.3. The van der Waals surface area contributed by atoms with E-state index >= 15 is 0 Å². The molecule has 0 bridgehead atoms. The van der Waals surface area contributed by atoms with Crippen LogP contribution in [0, 0.1) is 0 Å². The Morgan fingerprint density at radius 2 is 2.00 bits per heavy atom. The van der Waals surface area contributed by atoms with Crippen molar-refractivity contribution in [1.29, 1.82) is 0 Å². The lowest BCUT2D eigenvalue weighted by atomic mass is 9.95. The predicted octanol–water partition coefficient (Wildman–Crippen LogP) is 0.708. The molecule has 0 saturated heterocycles. The van der Waals surface area contributed by atoms with Gasteiger partial charge in [0, 0.05) is 5.57 Å². The summed E-state index contributed by atoms with van der Waals surface area (Å²) in [6.45, 7) is 9.05. The predicted molar refractivity (Wildman–Crippen MR) is 45.9 cm³/mol. The summed E-state index contributed by atoms with van der Waals surface area (Å²) in [4.78, 5) is 11.3. The van der Waals surface area contributed by atoms with Gasteiger partial charge in [0.1, 0.15) is 0 Å². The topological polar surface area (TPSA) is 44.7 Å². The Balaban J connectivity index is 4.39. The second-order valence-corrected chi connectivity index (χ2v) is 3.24. The Kier molecular flexibility index (Phi) is 3.20. The first-order valence-electron chi connectivity index (χ1n) is 3.61. The molecule has 0 spiro atoms. The van der Waals surface area contributed by atoms with Crippen molar-refractivity contribution in [2.45, 2.75) is 26.3 Å². The average molecular weight is 154 g/mol. The largest absolute Gasteiger partial charge is 0.347 e. The van der Waals surface area contributed by atoms with Crippen LogP contribution in [0.1, 0.15) is 20.8 Å². The van der Waals surface area contributed by atoms with E-state index in [1.807, 2.05) is 6.92 Å². The lowest BCUT2D eigenvalue weighted by molar-refractivity contribution is -0.444. The molecule has 0 atom stereocenters. The van der Waals surface area contributed by atoms with Crippen LogP contribution < -0.4 is 5.73 Å². The minimum absolute atomic E-state index is 0.00407. The zero-order valence-electron chi connectivity index (χ0n) is 7.48. The Labute approximate surface area is 67.8 Å². The summed E-state index contributed by atoms with van der Waals surface area (Å²) in [5, 5.41) is 0. The molecule has 0 heterocycles. The molecule has 0 aromatic carbocycles. The highest BCUT2D eigenvalue weighted by molar-refractivity contribution is 6.02. The number of rotatable bonds is 3. The summed E-state index contributed by atoms with van der Waals surface area (Å²) in [7, 11) is 0. The molecule has 0 fully saturated rings.